The summed E-state index contributed by atoms with van der Waals surface area (Å²) in [4.78, 5) is 1.80. The Morgan fingerprint density at radius 3 is 2.90 bits per heavy atom. The number of benzene rings is 1. The normalized spacial score (nSPS) is 20.0. The molecule has 0 amide bonds. The van der Waals surface area contributed by atoms with E-state index in [4.69, 9.17) is 5.73 Å². The number of hydrogen-bond donors (Lipinski definition) is 2. The minimum Gasteiger partial charge on any atom is -0.398 e. The quantitative estimate of drug-likeness (QED) is 0.766. The van der Waals surface area contributed by atoms with Crippen molar-refractivity contribution in [3.63, 3.8) is 0 Å². The molecule has 1 atom stereocenters. The van der Waals surface area contributed by atoms with Crippen LogP contribution in [-0.2, 0) is 10.0 Å². The Bertz CT molecular complexity index is 624. The van der Waals surface area contributed by atoms with E-state index in [1.165, 1.54) is 0 Å². The van der Waals surface area contributed by atoms with E-state index in [1.54, 1.807) is 0 Å². The first-order chi connectivity index (χ1) is 9.85. The molecule has 1 fully saturated rings. The lowest BCUT2D eigenvalue weighted by atomic mass is 10.2. The molecule has 1 unspecified atom stereocenters. The Morgan fingerprint density at radius 1 is 1.52 bits per heavy atom. The lowest BCUT2D eigenvalue weighted by Gasteiger charge is -2.22. The van der Waals surface area contributed by atoms with Crippen LogP contribution in [-0.4, -0.2) is 39.0 Å². The second kappa shape index (κ2) is 6.60. The molecule has 8 heteroatoms. The number of nitrogens with one attached hydrogen (secondary N) is 1. The van der Waals surface area contributed by atoms with Crippen molar-refractivity contribution in [2.24, 2.45) is 0 Å². The Labute approximate surface area is 132 Å². The molecule has 0 radical (unpaired) electrons. The van der Waals surface area contributed by atoms with E-state index in [0.717, 1.165) is 38.1 Å². The number of likely N-dealkylation sites (tertiary alicyclic amines) is 1. The highest BCUT2D eigenvalue weighted by molar-refractivity contribution is 9.10. The van der Waals surface area contributed by atoms with Gasteiger partial charge in [0, 0.05) is 22.7 Å². The van der Waals surface area contributed by atoms with Crippen LogP contribution in [0.3, 0.4) is 0 Å². The van der Waals surface area contributed by atoms with Crippen molar-refractivity contribution in [2.45, 2.75) is 30.7 Å². The molecule has 21 heavy (non-hydrogen) atoms. The molecule has 1 aliphatic rings. The average Bonchev–Trinajstić information content (AvgIpc) is 2.88. The van der Waals surface area contributed by atoms with Crippen molar-refractivity contribution < 1.29 is 12.8 Å². The van der Waals surface area contributed by atoms with Gasteiger partial charge in [-0.25, -0.2) is 17.5 Å². The number of rotatable bonds is 5. The van der Waals surface area contributed by atoms with E-state index in [1.807, 2.05) is 6.92 Å². The number of likely N-dealkylation sites (N-methyl/N-ethyl adjacent to an activating group) is 1. The minimum absolute atomic E-state index is 0.167. The third-order valence-corrected chi connectivity index (χ3v) is 5.88. The lowest BCUT2D eigenvalue weighted by Crippen LogP contribution is -2.40. The summed E-state index contributed by atoms with van der Waals surface area (Å²) in [6.45, 7) is 4.18. The molecule has 1 aliphatic heterocycles. The van der Waals surface area contributed by atoms with Gasteiger partial charge >= 0.3 is 0 Å². The maximum Gasteiger partial charge on any atom is 0.243 e. The second-order valence-electron chi connectivity index (χ2n) is 5.08. The fraction of sp³-hybridized carbons (Fsp3) is 0.538. The molecule has 1 aromatic carbocycles. The summed E-state index contributed by atoms with van der Waals surface area (Å²) in [6.07, 6.45) is 2.00. The number of nitrogens with two attached hydrogens (primary N) is 1. The van der Waals surface area contributed by atoms with Gasteiger partial charge in [0.15, 0.2) is 0 Å². The molecular formula is C13H19BrFN3O2S. The van der Waals surface area contributed by atoms with Crippen molar-refractivity contribution in [1.29, 1.82) is 0 Å². The largest absolute Gasteiger partial charge is 0.398 e. The van der Waals surface area contributed by atoms with Crippen LogP contribution < -0.4 is 10.5 Å². The Morgan fingerprint density at radius 2 is 2.24 bits per heavy atom. The zero-order valence-electron chi connectivity index (χ0n) is 11.8. The number of anilines is 1. The van der Waals surface area contributed by atoms with Gasteiger partial charge in [-0.05, 0) is 54.0 Å². The van der Waals surface area contributed by atoms with Gasteiger partial charge in [-0.1, -0.05) is 6.92 Å². The van der Waals surface area contributed by atoms with Gasteiger partial charge in [-0.3, -0.25) is 4.90 Å². The van der Waals surface area contributed by atoms with Crippen LogP contribution in [0.25, 0.3) is 0 Å². The third kappa shape index (κ3) is 3.74. The van der Waals surface area contributed by atoms with E-state index in [-0.39, 0.29) is 18.3 Å². The number of sulfonamides is 1. The van der Waals surface area contributed by atoms with Crippen LogP contribution in [0.2, 0.25) is 0 Å². The third-order valence-electron chi connectivity index (χ3n) is 3.75. The molecule has 0 spiro atoms. The molecule has 1 aromatic rings. The van der Waals surface area contributed by atoms with E-state index in [2.05, 4.69) is 25.6 Å². The summed E-state index contributed by atoms with van der Waals surface area (Å²) in [5, 5.41) is 0. The Hall–Kier alpha value is -0.700. The van der Waals surface area contributed by atoms with Crippen LogP contribution in [0.4, 0.5) is 10.1 Å². The molecule has 1 heterocycles. The molecule has 3 N–H and O–H groups in total. The van der Waals surface area contributed by atoms with Crippen LogP contribution >= 0.6 is 15.9 Å². The number of nitrogen functional groups attached to an aromatic ring is 1. The van der Waals surface area contributed by atoms with Crippen LogP contribution in [0.1, 0.15) is 19.8 Å². The predicted molar refractivity (Wildman–Crippen MR) is 84.0 cm³/mol. The van der Waals surface area contributed by atoms with E-state index < -0.39 is 20.7 Å². The smallest absolute Gasteiger partial charge is 0.243 e. The van der Waals surface area contributed by atoms with Gasteiger partial charge in [0.25, 0.3) is 0 Å². The highest BCUT2D eigenvalue weighted by Crippen LogP contribution is 2.26. The lowest BCUT2D eigenvalue weighted by molar-refractivity contribution is 0.268. The number of halogens is 2. The van der Waals surface area contributed by atoms with Gasteiger partial charge in [0.2, 0.25) is 10.0 Å². The summed E-state index contributed by atoms with van der Waals surface area (Å²) in [5.41, 5.74) is 5.82. The second-order valence-corrected chi connectivity index (χ2v) is 7.67. The Kier molecular flexibility index (Phi) is 5.24. The first-order valence-electron chi connectivity index (χ1n) is 6.83. The molecular weight excluding hydrogens is 361 g/mol. The molecule has 118 valence electrons. The summed E-state index contributed by atoms with van der Waals surface area (Å²) < 4.78 is 41.1. The number of hydrogen-bond acceptors (Lipinski definition) is 4. The molecule has 0 saturated carbocycles. The average molecular weight is 380 g/mol. The first kappa shape index (κ1) is 16.7. The molecule has 0 bridgehead atoms. The topological polar surface area (TPSA) is 75.4 Å². The highest BCUT2D eigenvalue weighted by Gasteiger charge is 2.26. The van der Waals surface area contributed by atoms with Crippen molar-refractivity contribution in [3.05, 3.63) is 22.4 Å². The van der Waals surface area contributed by atoms with Gasteiger partial charge in [0.05, 0.1) is 0 Å². The van der Waals surface area contributed by atoms with Crippen LogP contribution in [0, 0.1) is 5.82 Å². The van der Waals surface area contributed by atoms with E-state index >= 15 is 0 Å². The van der Waals surface area contributed by atoms with Gasteiger partial charge < -0.3 is 5.73 Å². The molecule has 0 aromatic heterocycles. The molecule has 2 rings (SSSR count). The summed E-state index contributed by atoms with van der Waals surface area (Å²) in [7, 11) is -3.90. The molecule has 0 aliphatic carbocycles. The van der Waals surface area contributed by atoms with Gasteiger partial charge in [0.1, 0.15) is 10.7 Å². The zero-order chi connectivity index (χ0) is 15.6. The van der Waals surface area contributed by atoms with Gasteiger partial charge in [-0.15, -0.1) is 0 Å². The summed E-state index contributed by atoms with van der Waals surface area (Å²) >= 11 is 3.07. The zero-order valence-corrected chi connectivity index (χ0v) is 14.2. The van der Waals surface area contributed by atoms with Crippen molar-refractivity contribution >= 4 is 31.6 Å². The van der Waals surface area contributed by atoms with E-state index in [0.29, 0.717) is 4.47 Å². The first-order valence-corrected chi connectivity index (χ1v) is 9.11. The number of nitrogens with zero attached hydrogens (tertiary/aromatic N) is 1. The van der Waals surface area contributed by atoms with E-state index in [9.17, 15) is 12.8 Å². The SMILES string of the molecule is CCN1CCCC1CNS(=O)(=O)c1cc(N)c(Br)cc1F. The van der Waals surface area contributed by atoms with Crippen LogP contribution in [0.5, 0.6) is 0 Å². The predicted octanol–water partition coefficient (Wildman–Crippen LogP) is 1.93. The monoisotopic (exact) mass is 379 g/mol. The summed E-state index contributed by atoms with van der Waals surface area (Å²) in [5.74, 6) is -0.817. The standard InChI is InChI=1S/C13H19BrFN3O2S/c1-2-18-5-3-4-9(18)8-17-21(19,20)13-7-12(16)10(14)6-11(13)15/h6-7,9,17H,2-5,8,16H2,1H3. The Balaban J connectivity index is 2.14. The van der Waals surface area contributed by atoms with Crippen molar-refractivity contribution in [3.8, 4) is 0 Å². The molecule has 1 saturated heterocycles. The van der Waals surface area contributed by atoms with Crippen LogP contribution in [0.15, 0.2) is 21.5 Å². The van der Waals surface area contributed by atoms with Crippen molar-refractivity contribution in [2.75, 3.05) is 25.4 Å². The highest BCUT2D eigenvalue weighted by atomic mass is 79.9. The van der Waals surface area contributed by atoms with Gasteiger partial charge in [-0.2, -0.15) is 0 Å². The van der Waals surface area contributed by atoms with Crippen molar-refractivity contribution in [1.82, 2.24) is 9.62 Å². The molecule has 5 nitrogen and oxygen atoms in total. The fourth-order valence-corrected chi connectivity index (χ4v) is 4.06. The fourth-order valence-electron chi connectivity index (χ4n) is 2.58. The maximum atomic E-state index is 13.9. The minimum atomic E-state index is -3.90. The maximum absolute atomic E-state index is 13.9. The summed E-state index contributed by atoms with van der Waals surface area (Å²) in [6, 6.07) is 2.37.